The van der Waals surface area contributed by atoms with Gasteiger partial charge in [-0.1, -0.05) is 114 Å². The van der Waals surface area contributed by atoms with Crippen molar-refractivity contribution in [1.29, 1.82) is 0 Å². The molecule has 15 N–H and O–H groups in total. The van der Waals surface area contributed by atoms with E-state index in [2.05, 4.69) is 85.0 Å². The summed E-state index contributed by atoms with van der Waals surface area (Å²) in [6, 6.07) is 21.5. The van der Waals surface area contributed by atoms with Crippen LogP contribution in [0.5, 0.6) is 11.5 Å². The monoisotopic (exact) mass is 1960 g/mol. The second kappa shape index (κ2) is 44.4. The number of alkyl halides is 9. The van der Waals surface area contributed by atoms with Crippen LogP contribution >= 0.6 is 34.8 Å². The maximum Gasteiger partial charge on any atom is 0.419 e. The number of carboxylic acid groups (broad SMARTS) is 3. The number of esters is 3. The number of methoxy groups -OCH3 is 5. The van der Waals surface area contributed by atoms with E-state index in [4.69, 9.17) is 113 Å². The number of carbonyl (C=O) groups excluding carboxylic acids is 3. The first-order valence-corrected chi connectivity index (χ1v) is 37.5. The highest BCUT2D eigenvalue weighted by molar-refractivity contribution is 6.42. The molecule has 6 aromatic heterocycles. The highest BCUT2D eigenvalue weighted by Gasteiger charge is 2.39. The van der Waals surface area contributed by atoms with Gasteiger partial charge in [0.25, 0.3) is 0 Å². The molecule has 48 heteroatoms. The Balaban J connectivity index is 0.000000223. The van der Waals surface area contributed by atoms with Gasteiger partial charge in [-0.2, -0.15) is 39.5 Å². The van der Waals surface area contributed by atoms with Gasteiger partial charge in [0.15, 0.2) is 98.0 Å². The van der Waals surface area contributed by atoms with E-state index >= 15 is 0 Å². The summed E-state index contributed by atoms with van der Waals surface area (Å²) in [4.78, 5) is 98.7. The minimum absolute atomic E-state index is 0.0312. The lowest BCUT2D eigenvalue weighted by Crippen LogP contribution is -2.13. The summed E-state index contributed by atoms with van der Waals surface area (Å²) in [6.45, 7) is 6.76. The van der Waals surface area contributed by atoms with Crippen LogP contribution in [-0.2, 0) is 32.7 Å². The Bertz CT molecular complexity index is 6920. The van der Waals surface area contributed by atoms with E-state index in [1.54, 1.807) is 36.4 Å². The smallest absolute Gasteiger partial charge is 0.419 e. The second-order valence-electron chi connectivity index (χ2n) is 26.0. The van der Waals surface area contributed by atoms with E-state index in [-0.39, 0.29) is 113 Å². The molecule has 0 amide bonds. The molecule has 0 saturated heterocycles. The van der Waals surface area contributed by atoms with Gasteiger partial charge < -0.3 is 73.4 Å². The van der Waals surface area contributed by atoms with Gasteiger partial charge in [0, 0.05) is 55.6 Å². The number of pyridine rings is 4. The average Bonchev–Trinajstić information content (AvgIpc) is 0.821. The number of nitrogen functional groups attached to an aromatic ring is 6. The van der Waals surface area contributed by atoms with Crippen molar-refractivity contribution in [3.63, 3.8) is 0 Å². The zero-order valence-electron chi connectivity index (χ0n) is 69.2. The van der Waals surface area contributed by atoms with E-state index in [0.29, 0.717) is 58.1 Å². The summed E-state index contributed by atoms with van der Waals surface area (Å²) in [6.07, 6.45) is 2.99. The number of nitrogens with two attached hydrogens (primary N) is 6. The van der Waals surface area contributed by atoms with Gasteiger partial charge in [-0.15, -0.1) is 19.3 Å². The molecule has 136 heavy (non-hydrogen) atoms. The van der Waals surface area contributed by atoms with Crippen LogP contribution in [0, 0.1) is 83.6 Å². The van der Waals surface area contributed by atoms with E-state index < -0.39 is 174 Å². The second-order valence-corrected chi connectivity index (χ2v) is 27.1. The van der Waals surface area contributed by atoms with Crippen LogP contribution in [0.2, 0.25) is 15.1 Å². The first kappa shape index (κ1) is 106. The van der Waals surface area contributed by atoms with Crippen LogP contribution in [0.25, 0.3) is 80.0 Å². The molecule has 0 saturated carbocycles. The molecule has 0 unspecified atom stereocenters. The van der Waals surface area contributed by atoms with Crippen molar-refractivity contribution in [3.8, 4) is 116 Å². The van der Waals surface area contributed by atoms with Crippen LogP contribution in [0.3, 0.4) is 0 Å². The molecule has 0 aliphatic heterocycles. The number of ether oxygens (including phenoxy) is 5. The highest BCUT2D eigenvalue weighted by Crippen LogP contribution is 2.43. The maximum atomic E-state index is 14.4. The van der Waals surface area contributed by atoms with Crippen LogP contribution < -0.4 is 43.9 Å². The average molecular weight is 1960 g/mol. The van der Waals surface area contributed by atoms with Gasteiger partial charge in [-0.3, -0.25) is 0 Å². The van der Waals surface area contributed by atoms with Crippen molar-refractivity contribution < 1.29 is 142 Å². The molecular formula is C88H58Cl3F17N14O14. The molecule has 0 atom stereocenters. The Labute approximate surface area is 769 Å². The Morgan fingerprint density at radius 2 is 0.721 bits per heavy atom. The largest absolute Gasteiger partial charge is 0.491 e. The van der Waals surface area contributed by atoms with Gasteiger partial charge in [0.1, 0.15) is 34.5 Å². The molecule has 0 spiro atoms. The maximum absolute atomic E-state index is 14.4. The third-order valence-corrected chi connectivity index (χ3v) is 18.9. The van der Waals surface area contributed by atoms with Crippen molar-refractivity contribution in [2.45, 2.75) is 18.5 Å². The lowest BCUT2D eigenvalue weighted by molar-refractivity contribution is -0.141. The number of carbonyl (C=O) groups is 6. The van der Waals surface area contributed by atoms with Crippen molar-refractivity contribution in [3.05, 3.63) is 269 Å². The molecule has 28 nitrogen and oxygen atoms in total. The fourth-order valence-electron chi connectivity index (χ4n) is 11.2. The quantitative estimate of drug-likeness (QED) is 0.0188. The first-order valence-electron chi connectivity index (χ1n) is 36.3. The number of carboxylic acids is 3. The molecule has 0 aliphatic rings. The number of benzene rings is 6. The SMILES string of the molecule is C#Cc1ccc(-c2nc(C(=O)O)c(Cl)c(N)c2F)cc1.C#Cc1ccc(-c2nc(C(=O)OC)c(C=C)c(N)c2F)cc1.C#Cc1ccc(-c2nc(N)c(OC)c(C(=O)OC)n2)c(F)c1.C=Cc1c(C(=O)O)nc(-c2ccc(C(F)(F)F)c(F)c2F)c(F)c1N.COC(=O)c1nc(-c2ccc(C(F)(F)F)c(F)c2)c(Cl)c(N)c1Cl.COc1c(N)nc(-c2ccc(C(F)(F)F)c(F)c2)nc1C(=O)O. The zero-order valence-corrected chi connectivity index (χ0v) is 71.5. The van der Waals surface area contributed by atoms with Crippen LogP contribution in [0.4, 0.5) is 109 Å². The number of hydrogen-bond donors (Lipinski definition) is 9. The molecule has 6 aromatic carbocycles. The lowest BCUT2D eigenvalue weighted by atomic mass is 10.0. The Hall–Kier alpha value is -16.9. The van der Waals surface area contributed by atoms with Gasteiger partial charge in [-0.25, -0.2) is 104 Å². The van der Waals surface area contributed by atoms with Crippen LogP contribution in [0.1, 0.15) is 107 Å². The van der Waals surface area contributed by atoms with E-state index in [9.17, 15) is 103 Å². The predicted molar refractivity (Wildman–Crippen MR) is 462 cm³/mol. The predicted octanol–water partition coefficient (Wildman–Crippen LogP) is 18.6. The fourth-order valence-corrected chi connectivity index (χ4v) is 11.9. The molecule has 6 heterocycles. The molecule has 0 radical (unpaired) electrons. The summed E-state index contributed by atoms with van der Waals surface area (Å²) in [5.41, 5.74) is 24.0. The van der Waals surface area contributed by atoms with Crippen LogP contribution in [-0.4, -0.2) is 127 Å². The topological polar surface area (TPSA) is 468 Å². The summed E-state index contributed by atoms with van der Waals surface area (Å²) in [7, 11) is 5.92. The van der Waals surface area contributed by atoms with E-state index in [0.717, 1.165) is 38.5 Å². The van der Waals surface area contributed by atoms with Crippen molar-refractivity contribution >= 4 is 117 Å². The van der Waals surface area contributed by atoms with Gasteiger partial charge in [0.2, 0.25) is 0 Å². The number of hydrogen-bond acceptors (Lipinski definition) is 25. The lowest BCUT2D eigenvalue weighted by Gasteiger charge is -2.14. The first-order chi connectivity index (χ1) is 63.7. The highest BCUT2D eigenvalue weighted by atomic mass is 35.5. The zero-order chi connectivity index (χ0) is 102. The summed E-state index contributed by atoms with van der Waals surface area (Å²) >= 11 is 17.5. The number of aromatic carboxylic acids is 3. The van der Waals surface area contributed by atoms with Gasteiger partial charge in [-0.05, 0) is 78.9 Å². The number of aromatic nitrogens is 8. The van der Waals surface area contributed by atoms with Crippen molar-refractivity contribution in [2.75, 3.05) is 70.0 Å². The van der Waals surface area contributed by atoms with Gasteiger partial charge in [0.05, 0.1) is 101 Å². The third kappa shape index (κ3) is 23.9. The Morgan fingerprint density at radius 1 is 0.360 bits per heavy atom. The van der Waals surface area contributed by atoms with Crippen molar-refractivity contribution in [2.24, 2.45) is 0 Å². The van der Waals surface area contributed by atoms with Gasteiger partial charge >= 0.3 is 54.3 Å². The molecular weight excluding hydrogens is 1910 g/mol. The normalized spacial score (nSPS) is 10.7. The van der Waals surface area contributed by atoms with E-state index in [1.165, 1.54) is 51.7 Å². The molecule has 0 bridgehead atoms. The Morgan fingerprint density at radius 3 is 1.15 bits per heavy atom. The molecule has 12 rings (SSSR count). The summed E-state index contributed by atoms with van der Waals surface area (Å²) < 4.78 is 249. The van der Waals surface area contributed by atoms with E-state index in [1.807, 2.05) is 0 Å². The number of anilines is 6. The number of halogens is 20. The molecule has 704 valence electrons. The standard InChI is InChI=1S/C17H13FN2O2.C15H8F6N2O2.C15H12FN3O3.C14H8Cl2F4N2O2.C14H8ClFN2O2.C13H9F4N3O3/c1-4-10-6-8-11(9-7-10)15-13(18)14(19)12(5-2)16(20-15)17(21)22-3;1-2-5-11(22)10(18)12(23-13(5)14(24)25)6-3-4-7(15(19,20)21)9(17)8(6)16;1-4-8-5-6-9(10(16)7-8)14-18-11(15(20)22-3)12(21-2)13(17)19-14;1-24-13(23)12-9(16)10(21)8(15)11(22-12)5-2-3-6(7(17)4-5)14(18,19)20;1-2-7-3-5-8(6-4-7)12-10(16)11(17)9(15)13(18-12)14(19)20;1-23-9-8(12(21)22)19-11(20-10(9)18)5-2-3-6(7(14)4-5)13(15,16)17/h1,5-9H,2H2,3H3,(H2,19,20);2-4H,1H2,(H2,22,23)(H,24,25);1,5-7H,2-3H3,(H2,17,18,19);2-4H,1H3,(H2,21,22);1,3-6H,(H2,17,18)(H,19,20);2-4H,1H3,(H,21,22)(H2,18,19,20). The number of terminal acetylenes is 3. The Kier molecular flexibility index (Phi) is 34.6. The number of nitrogens with zero attached hydrogens (tertiary/aromatic N) is 8. The molecule has 0 aliphatic carbocycles. The third-order valence-electron chi connectivity index (χ3n) is 17.7. The fraction of sp³-hybridized carbons (Fsp3) is 0.0909. The molecule has 12 aromatic rings. The summed E-state index contributed by atoms with van der Waals surface area (Å²) in [5, 5.41) is 26.2. The minimum Gasteiger partial charge on any atom is -0.491 e. The minimum atomic E-state index is -5.17. The van der Waals surface area contributed by atoms with Crippen molar-refractivity contribution in [1.82, 2.24) is 39.9 Å². The summed E-state index contributed by atoms with van der Waals surface area (Å²) in [5.74, 6) is -12.0. The number of rotatable bonds is 16. The van der Waals surface area contributed by atoms with Crippen LogP contribution in [0.15, 0.2) is 128 Å². The molecule has 0 fully saturated rings.